The lowest BCUT2D eigenvalue weighted by Gasteiger charge is -2.24. The first kappa shape index (κ1) is 18.8. The maximum Gasteiger partial charge on any atom is 0.264 e. The lowest BCUT2D eigenvalue weighted by atomic mass is 10.1. The number of hydrogen-bond donors (Lipinski definition) is 0. The maximum atomic E-state index is 14.0. The van der Waals surface area contributed by atoms with Gasteiger partial charge in [-0.2, -0.15) is 0 Å². The Morgan fingerprint density at radius 2 is 1.74 bits per heavy atom. The minimum Gasteiger partial charge on any atom is -0.495 e. The molecule has 0 saturated carbocycles. The second-order valence-electron chi connectivity index (χ2n) is 5.81. The highest BCUT2D eigenvalue weighted by atomic mass is 32.2. The molecular formula is C20H19FN2O3S. The van der Waals surface area contributed by atoms with E-state index in [-0.39, 0.29) is 23.7 Å². The van der Waals surface area contributed by atoms with Crippen molar-refractivity contribution in [2.75, 3.05) is 18.0 Å². The third-order valence-corrected chi connectivity index (χ3v) is 5.94. The number of nitrogens with zero attached hydrogens (tertiary/aromatic N) is 2. The zero-order chi connectivity index (χ0) is 19.3. The van der Waals surface area contributed by atoms with Gasteiger partial charge in [-0.05, 0) is 30.2 Å². The molecule has 0 atom stereocenters. The first-order valence-electron chi connectivity index (χ1n) is 8.32. The predicted octanol–water partition coefficient (Wildman–Crippen LogP) is 3.67. The van der Waals surface area contributed by atoms with Crippen molar-refractivity contribution in [3.63, 3.8) is 0 Å². The normalized spacial score (nSPS) is 11.2. The average molecular weight is 386 g/mol. The zero-order valence-corrected chi connectivity index (χ0v) is 15.6. The van der Waals surface area contributed by atoms with Gasteiger partial charge in [-0.25, -0.2) is 12.8 Å². The van der Waals surface area contributed by atoms with Gasteiger partial charge in [0.2, 0.25) is 0 Å². The number of sulfonamides is 1. The molecular weight excluding hydrogens is 367 g/mol. The van der Waals surface area contributed by atoms with E-state index in [4.69, 9.17) is 4.74 Å². The van der Waals surface area contributed by atoms with Crippen molar-refractivity contribution in [1.82, 2.24) is 4.98 Å². The summed E-state index contributed by atoms with van der Waals surface area (Å²) in [5.41, 5.74) is 0.802. The zero-order valence-electron chi connectivity index (χ0n) is 14.7. The summed E-state index contributed by atoms with van der Waals surface area (Å²) >= 11 is 0. The molecule has 27 heavy (non-hydrogen) atoms. The molecule has 0 radical (unpaired) electrons. The Bertz CT molecular complexity index is 1010. The van der Waals surface area contributed by atoms with Crippen molar-refractivity contribution >= 4 is 15.7 Å². The van der Waals surface area contributed by atoms with E-state index < -0.39 is 10.0 Å². The average Bonchev–Trinajstić information content (AvgIpc) is 2.70. The van der Waals surface area contributed by atoms with E-state index in [0.29, 0.717) is 17.0 Å². The second-order valence-corrected chi connectivity index (χ2v) is 7.68. The van der Waals surface area contributed by atoms with E-state index in [1.807, 2.05) is 0 Å². The number of halogens is 1. The fraction of sp³-hybridized carbons (Fsp3) is 0.150. The number of ether oxygens (including phenoxy) is 1. The van der Waals surface area contributed by atoms with Crippen molar-refractivity contribution in [1.29, 1.82) is 0 Å². The van der Waals surface area contributed by atoms with E-state index in [2.05, 4.69) is 4.98 Å². The van der Waals surface area contributed by atoms with Crippen molar-refractivity contribution in [3.05, 3.63) is 84.4 Å². The van der Waals surface area contributed by atoms with Crippen LogP contribution >= 0.6 is 0 Å². The van der Waals surface area contributed by atoms with Gasteiger partial charge in [-0.3, -0.25) is 9.29 Å². The Kier molecular flexibility index (Phi) is 5.71. The van der Waals surface area contributed by atoms with E-state index >= 15 is 0 Å². The van der Waals surface area contributed by atoms with Crippen LogP contribution in [0.2, 0.25) is 0 Å². The van der Waals surface area contributed by atoms with Gasteiger partial charge in [0.1, 0.15) is 11.6 Å². The predicted molar refractivity (Wildman–Crippen MR) is 102 cm³/mol. The summed E-state index contributed by atoms with van der Waals surface area (Å²) in [6.45, 7) is 0.0625. The van der Waals surface area contributed by atoms with Gasteiger partial charge in [-0.1, -0.05) is 36.4 Å². The molecule has 7 heteroatoms. The topological polar surface area (TPSA) is 59.5 Å². The van der Waals surface area contributed by atoms with Crippen LogP contribution in [0.4, 0.5) is 10.1 Å². The van der Waals surface area contributed by atoms with Crippen molar-refractivity contribution in [2.24, 2.45) is 0 Å². The highest BCUT2D eigenvalue weighted by molar-refractivity contribution is 7.92. The third-order valence-electron chi connectivity index (χ3n) is 4.10. The largest absolute Gasteiger partial charge is 0.495 e. The molecule has 0 amide bonds. The summed E-state index contributed by atoms with van der Waals surface area (Å²) in [7, 11) is -2.36. The Labute approximate surface area is 158 Å². The van der Waals surface area contributed by atoms with E-state index in [9.17, 15) is 12.8 Å². The van der Waals surface area contributed by atoms with Gasteiger partial charge in [0.05, 0.1) is 30.1 Å². The van der Waals surface area contributed by atoms with Gasteiger partial charge in [0, 0.05) is 12.6 Å². The number of pyridine rings is 1. The number of anilines is 1. The lowest BCUT2D eigenvalue weighted by molar-refractivity contribution is 0.413. The van der Waals surface area contributed by atoms with Crippen LogP contribution in [0, 0.1) is 5.82 Å². The van der Waals surface area contributed by atoms with Crippen LogP contribution in [0.15, 0.2) is 78.0 Å². The first-order valence-corrected chi connectivity index (χ1v) is 9.76. The van der Waals surface area contributed by atoms with Crippen LogP contribution in [0.3, 0.4) is 0 Å². The Morgan fingerprint density at radius 3 is 2.44 bits per heavy atom. The van der Waals surface area contributed by atoms with Crippen LogP contribution < -0.4 is 9.04 Å². The molecule has 0 bridgehead atoms. The van der Waals surface area contributed by atoms with E-state index in [1.54, 1.807) is 42.5 Å². The molecule has 2 aromatic carbocycles. The van der Waals surface area contributed by atoms with Crippen LogP contribution in [0.1, 0.15) is 5.56 Å². The molecule has 0 N–H and O–H groups in total. The molecule has 0 aliphatic heterocycles. The number of benzene rings is 2. The summed E-state index contributed by atoms with van der Waals surface area (Å²) in [6.07, 6.45) is 3.16. The van der Waals surface area contributed by atoms with Crippen LogP contribution in [-0.4, -0.2) is 27.1 Å². The van der Waals surface area contributed by atoms with Crippen LogP contribution in [0.25, 0.3) is 0 Å². The van der Waals surface area contributed by atoms with Gasteiger partial charge in [0.25, 0.3) is 10.0 Å². The van der Waals surface area contributed by atoms with E-state index in [0.717, 1.165) is 0 Å². The minimum absolute atomic E-state index is 0.0625. The van der Waals surface area contributed by atoms with Crippen LogP contribution in [0.5, 0.6) is 5.75 Å². The molecule has 0 fully saturated rings. The van der Waals surface area contributed by atoms with Crippen molar-refractivity contribution in [3.8, 4) is 5.75 Å². The van der Waals surface area contributed by atoms with Crippen molar-refractivity contribution in [2.45, 2.75) is 11.3 Å². The molecule has 1 heterocycles. The summed E-state index contributed by atoms with van der Waals surface area (Å²) in [4.78, 5) is 4.20. The summed E-state index contributed by atoms with van der Waals surface area (Å²) < 4.78 is 46.8. The third kappa shape index (κ3) is 4.25. The summed E-state index contributed by atoms with van der Waals surface area (Å²) in [5, 5.41) is 0. The van der Waals surface area contributed by atoms with E-state index in [1.165, 1.54) is 42.0 Å². The minimum atomic E-state index is -3.85. The molecule has 5 nitrogen and oxygen atoms in total. The molecule has 0 unspecified atom stereocenters. The number of aromatic nitrogens is 1. The van der Waals surface area contributed by atoms with Crippen molar-refractivity contribution < 1.29 is 17.5 Å². The molecule has 3 rings (SSSR count). The SMILES string of the molecule is COc1cncc(N(CCc2ccccc2F)S(=O)(=O)c2ccccc2)c1. The monoisotopic (exact) mass is 386 g/mol. The molecule has 0 saturated heterocycles. The van der Waals surface area contributed by atoms with Gasteiger partial charge >= 0.3 is 0 Å². The fourth-order valence-corrected chi connectivity index (χ4v) is 4.15. The highest BCUT2D eigenvalue weighted by Crippen LogP contribution is 2.26. The molecule has 3 aromatic rings. The summed E-state index contributed by atoms with van der Waals surface area (Å²) in [5.74, 6) is 0.0741. The Balaban J connectivity index is 1.99. The van der Waals surface area contributed by atoms with Gasteiger partial charge < -0.3 is 4.74 Å². The summed E-state index contributed by atoms with van der Waals surface area (Å²) in [6, 6.07) is 16.0. The van der Waals surface area contributed by atoms with Gasteiger partial charge in [-0.15, -0.1) is 0 Å². The molecule has 0 spiro atoms. The first-order chi connectivity index (χ1) is 13.0. The standard InChI is InChI=1S/C20H19FN2O3S/c1-26-18-13-17(14-22-15-18)23(12-11-16-7-5-6-10-20(16)21)27(24,25)19-8-3-2-4-9-19/h2-10,13-15H,11-12H2,1H3. The lowest BCUT2D eigenvalue weighted by Crippen LogP contribution is -2.33. The highest BCUT2D eigenvalue weighted by Gasteiger charge is 2.25. The Hall–Kier alpha value is -2.93. The fourth-order valence-electron chi connectivity index (χ4n) is 2.69. The quantitative estimate of drug-likeness (QED) is 0.622. The van der Waals surface area contributed by atoms with Gasteiger partial charge in [0.15, 0.2) is 0 Å². The molecule has 1 aromatic heterocycles. The number of rotatable bonds is 7. The smallest absolute Gasteiger partial charge is 0.264 e. The maximum absolute atomic E-state index is 14.0. The number of methoxy groups -OCH3 is 1. The second kappa shape index (κ2) is 8.18. The molecule has 140 valence electrons. The van der Waals surface area contributed by atoms with Crippen LogP contribution in [-0.2, 0) is 16.4 Å². The number of hydrogen-bond acceptors (Lipinski definition) is 4. The molecule has 0 aliphatic rings. The Morgan fingerprint density at radius 1 is 1.04 bits per heavy atom. The molecule has 0 aliphatic carbocycles.